The van der Waals surface area contributed by atoms with Gasteiger partial charge in [0.1, 0.15) is 16.8 Å². The Hall–Kier alpha value is -4.05. The average Bonchev–Trinajstić information content (AvgIpc) is 3.44. The topological polar surface area (TPSA) is 62.7 Å². The van der Waals surface area contributed by atoms with Gasteiger partial charge in [0.25, 0.3) is 0 Å². The van der Waals surface area contributed by atoms with Crippen LogP contribution in [0.4, 0.5) is 0 Å². The van der Waals surface area contributed by atoms with Crippen LogP contribution in [0.15, 0.2) is 93.8 Å². The van der Waals surface area contributed by atoms with Crippen molar-refractivity contribution in [2.75, 3.05) is 0 Å². The molecule has 7 rings (SSSR count). The van der Waals surface area contributed by atoms with Gasteiger partial charge in [-0.25, -0.2) is 9.97 Å². The Labute approximate surface area is 212 Å². The quantitative estimate of drug-likeness (QED) is 0.223. The minimum absolute atomic E-state index is 0.497. The van der Waals surface area contributed by atoms with Gasteiger partial charge in [-0.2, -0.15) is 5.26 Å². The van der Waals surface area contributed by atoms with Crippen LogP contribution < -0.4 is 0 Å². The fraction of sp³-hybridized carbons (Fsp3) is 0. The Morgan fingerprint density at radius 1 is 0.743 bits per heavy atom. The van der Waals surface area contributed by atoms with Gasteiger partial charge in [0, 0.05) is 41.2 Å². The molecule has 4 aromatic carbocycles. The van der Waals surface area contributed by atoms with Crippen molar-refractivity contribution in [2.45, 2.75) is 0 Å². The molecule has 0 aliphatic heterocycles. The van der Waals surface area contributed by atoms with E-state index in [0.29, 0.717) is 22.5 Å². The highest BCUT2D eigenvalue weighted by Gasteiger charge is 2.19. The summed E-state index contributed by atoms with van der Waals surface area (Å²) in [6.07, 6.45) is 0. The summed E-state index contributed by atoms with van der Waals surface area (Å²) in [5, 5.41) is 13.0. The van der Waals surface area contributed by atoms with Gasteiger partial charge in [0.2, 0.25) is 5.71 Å². The molecule has 0 bridgehead atoms. The molecule has 0 unspecified atom stereocenters. The number of hydrogen-bond acceptors (Lipinski definition) is 5. The second kappa shape index (κ2) is 7.74. The van der Waals surface area contributed by atoms with E-state index in [-0.39, 0.29) is 0 Å². The Morgan fingerprint density at radius 2 is 1.51 bits per heavy atom. The molecule has 0 radical (unpaired) electrons. The standard InChI is InChI=1S/C29H14BrN3OS/c30-19-12-16(15-31)11-18(13-19)27-26(33-29-28(32-27)22-6-1-3-7-23(22)34-29)17-9-10-21-20-5-2-4-8-24(20)35-25(21)14-17/h1-14H. The molecule has 35 heavy (non-hydrogen) atoms. The van der Waals surface area contributed by atoms with Crippen molar-refractivity contribution in [3.8, 4) is 28.6 Å². The lowest BCUT2D eigenvalue weighted by Crippen LogP contribution is -1.95. The van der Waals surface area contributed by atoms with Gasteiger partial charge in [0.15, 0.2) is 0 Å². The van der Waals surface area contributed by atoms with E-state index in [1.165, 1.54) is 20.2 Å². The molecule has 6 heteroatoms. The number of halogens is 1. The van der Waals surface area contributed by atoms with E-state index >= 15 is 0 Å². The predicted molar refractivity (Wildman–Crippen MR) is 145 cm³/mol. The molecule has 0 amide bonds. The Kier molecular flexibility index (Phi) is 4.50. The van der Waals surface area contributed by atoms with Crippen molar-refractivity contribution >= 4 is 69.6 Å². The molecule has 7 aromatic rings. The lowest BCUT2D eigenvalue weighted by Gasteiger charge is -2.10. The summed E-state index contributed by atoms with van der Waals surface area (Å²) in [4.78, 5) is 10.0. The van der Waals surface area contributed by atoms with E-state index in [2.05, 4.69) is 64.5 Å². The summed E-state index contributed by atoms with van der Waals surface area (Å²) in [6.45, 7) is 0. The number of nitriles is 1. The van der Waals surface area contributed by atoms with Gasteiger partial charge in [0.05, 0.1) is 17.3 Å². The zero-order valence-electron chi connectivity index (χ0n) is 18.1. The number of hydrogen-bond donors (Lipinski definition) is 0. The maximum atomic E-state index is 9.57. The van der Waals surface area contributed by atoms with Gasteiger partial charge in [-0.05, 0) is 42.5 Å². The number of para-hydroxylation sites is 1. The molecule has 0 aliphatic rings. The highest BCUT2D eigenvalue weighted by atomic mass is 79.9. The van der Waals surface area contributed by atoms with E-state index in [4.69, 9.17) is 14.4 Å². The third kappa shape index (κ3) is 3.24. The molecule has 4 nitrogen and oxygen atoms in total. The number of nitrogens with zero attached hydrogens (tertiary/aromatic N) is 3. The molecular formula is C29H14BrN3OS. The van der Waals surface area contributed by atoms with E-state index in [9.17, 15) is 5.26 Å². The second-order valence-electron chi connectivity index (χ2n) is 8.32. The molecule has 0 saturated carbocycles. The summed E-state index contributed by atoms with van der Waals surface area (Å²) in [7, 11) is 0. The van der Waals surface area contributed by atoms with Gasteiger partial charge in [-0.1, -0.05) is 58.4 Å². The lowest BCUT2D eigenvalue weighted by atomic mass is 10.0. The number of benzene rings is 4. The molecular weight excluding hydrogens is 518 g/mol. The van der Waals surface area contributed by atoms with Gasteiger partial charge >= 0.3 is 0 Å². The minimum atomic E-state index is 0.497. The van der Waals surface area contributed by atoms with Gasteiger partial charge < -0.3 is 4.42 Å². The number of aromatic nitrogens is 2. The van der Waals surface area contributed by atoms with Crippen molar-refractivity contribution in [1.82, 2.24) is 9.97 Å². The van der Waals surface area contributed by atoms with E-state index in [0.717, 1.165) is 32.3 Å². The third-order valence-corrected chi connectivity index (χ3v) is 7.76. The van der Waals surface area contributed by atoms with Gasteiger partial charge in [-0.3, -0.25) is 0 Å². The summed E-state index contributed by atoms with van der Waals surface area (Å²) < 4.78 is 9.34. The molecule has 0 N–H and O–H groups in total. The fourth-order valence-corrected chi connectivity index (χ4v) is 6.23. The van der Waals surface area contributed by atoms with Crippen molar-refractivity contribution < 1.29 is 4.42 Å². The molecule has 3 heterocycles. The van der Waals surface area contributed by atoms with Crippen LogP contribution in [-0.2, 0) is 0 Å². The zero-order chi connectivity index (χ0) is 23.5. The van der Waals surface area contributed by atoms with E-state index < -0.39 is 0 Å². The molecule has 0 fully saturated rings. The maximum Gasteiger partial charge on any atom is 0.246 e. The molecule has 0 saturated heterocycles. The fourth-order valence-electron chi connectivity index (χ4n) is 4.59. The molecule has 0 aliphatic carbocycles. The summed E-state index contributed by atoms with van der Waals surface area (Å²) in [5.41, 5.74) is 5.71. The highest BCUT2D eigenvalue weighted by molar-refractivity contribution is 9.10. The minimum Gasteiger partial charge on any atom is -0.436 e. The van der Waals surface area contributed by atoms with E-state index in [1.807, 2.05) is 36.4 Å². The summed E-state index contributed by atoms with van der Waals surface area (Å²) in [5.74, 6) is 0. The monoisotopic (exact) mass is 531 g/mol. The maximum absolute atomic E-state index is 9.57. The number of furan rings is 1. The van der Waals surface area contributed by atoms with Crippen LogP contribution in [0.5, 0.6) is 0 Å². The van der Waals surface area contributed by atoms with Crippen LogP contribution >= 0.6 is 27.3 Å². The average molecular weight is 532 g/mol. The summed E-state index contributed by atoms with van der Waals surface area (Å²) >= 11 is 5.32. The Morgan fingerprint density at radius 3 is 2.40 bits per heavy atom. The normalized spacial score (nSPS) is 11.5. The first-order valence-corrected chi connectivity index (χ1v) is 12.6. The summed E-state index contributed by atoms with van der Waals surface area (Å²) in [6, 6.07) is 30.5. The number of rotatable bonds is 2. The zero-order valence-corrected chi connectivity index (χ0v) is 20.5. The first-order chi connectivity index (χ1) is 17.2. The van der Waals surface area contributed by atoms with Crippen LogP contribution in [-0.4, -0.2) is 9.97 Å². The van der Waals surface area contributed by atoms with Crippen LogP contribution in [0.1, 0.15) is 5.56 Å². The molecule has 164 valence electrons. The largest absolute Gasteiger partial charge is 0.436 e. The number of fused-ring (bicyclic) bond motifs is 6. The molecule has 0 atom stereocenters. The smallest absolute Gasteiger partial charge is 0.246 e. The van der Waals surface area contributed by atoms with Crippen molar-refractivity contribution in [3.05, 3.63) is 95.0 Å². The van der Waals surface area contributed by atoms with Crippen LogP contribution in [0, 0.1) is 11.3 Å². The van der Waals surface area contributed by atoms with Crippen molar-refractivity contribution in [3.63, 3.8) is 0 Å². The number of thiophene rings is 1. The van der Waals surface area contributed by atoms with E-state index in [1.54, 1.807) is 17.4 Å². The lowest BCUT2D eigenvalue weighted by molar-refractivity contribution is 0.653. The first-order valence-electron chi connectivity index (χ1n) is 11.0. The van der Waals surface area contributed by atoms with Crippen molar-refractivity contribution in [2.24, 2.45) is 0 Å². The SMILES string of the molecule is N#Cc1cc(Br)cc(-c2nc3c(nc2-c2ccc4c(c2)sc2ccccc24)oc2ccccc23)c1. The van der Waals surface area contributed by atoms with Crippen LogP contribution in [0.3, 0.4) is 0 Å². The molecule has 3 aromatic heterocycles. The first kappa shape index (κ1) is 20.3. The Bertz CT molecular complexity index is 2000. The van der Waals surface area contributed by atoms with Crippen LogP contribution in [0.2, 0.25) is 0 Å². The second-order valence-corrected chi connectivity index (χ2v) is 10.3. The molecule has 0 spiro atoms. The predicted octanol–water partition coefficient (Wildman–Crippen LogP) is 8.71. The van der Waals surface area contributed by atoms with Crippen LogP contribution in [0.25, 0.3) is 64.9 Å². The highest BCUT2D eigenvalue weighted by Crippen LogP contribution is 2.39. The third-order valence-electron chi connectivity index (χ3n) is 6.17. The van der Waals surface area contributed by atoms with Gasteiger partial charge in [-0.15, -0.1) is 11.3 Å². The Balaban J connectivity index is 1.55. The van der Waals surface area contributed by atoms with Crippen molar-refractivity contribution in [1.29, 1.82) is 5.26 Å².